The molecular formula is C12H19NO3S. The summed E-state index contributed by atoms with van der Waals surface area (Å²) in [6.07, 6.45) is 4.34. The fourth-order valence-corrected chi connectivity index (χ4v) is 3.27. The molecule has 0 aromatic rings. The molecular weight excluding hydrogens is 238 g/mol. The highest BCUT2D eigenvalue weighted by Crippen LogP contribution is 2.58. The molecule has 0 heterocycles. The van der Waals surface area contributed by atoms with Gasteiger partial charge in [0, 0.05) is 11.3 Å². The number of rotatable bonds is 5. The average molecular weight is 257 g/mol. The van der Waals surface area contributed by atoms with E-state index in [1.165, 1.54) is 0 Å². The molecule has 2 fully saturated rings. The molecule has 0 bridgehead atoms. The molecule has 1 amide bonds. The Morgan fingerprint density at radius 1 is 1.35 bits per heavy atom. The first kappa shape index (κ1) is 12.7. The third-order valence-electron chi connectivity index (χ3n) is 4.20. The fourth-order valence-electron chi connectivity index (χ4n) is 2.54. The summed E-state index contributed by atoms with van der Waals surface area (Å²) in [4.78, 5) is 22.9. The first-order valence-corrected chi connectivity index (χ1v) is 7.12. The minimum atomic E-state index is -0.860. The zero-order chi connectivity index (χ0) is 12.8. The number of hydrogen-bond acceptors (Lipinski definition) is 3. The summed E-state index contributed by atoms with van der Waals surface area (Å²) in [5, 5.41) is 11.9. The molecule has 0 aliphatic heterocycles. The molecule has 0 saturated heterocycles. The largest absolute Gasteiger partial charge is 0.481 e. The zero-order valence-corrected chi connectivity index (χ0v) is 11.3. The Morgan fingerprint density at radius 3 is 2.29 bits per heavy atom. The van der Waals surface area contributed by atoms with Crippen LogP contribution in [0.15, 0.2) is 0 Å². The normalized spacial score (nSPS) is 31.7. The van der Waals surface area contributed by atoms with Gasteiger partial charge in [-0.2, -0.15) is 11.8 Å². The lowest BCUT2D eigenvalue weighted by Gasteiger charge is -2.13. The standard InChI is InChI=1S/C12H19NO3S/c1-11(2)7(8(11)10(15)16)9(14)13-6-12(17-3)4-5-12/h7-8H,4-6H2,1-3H3,(H,13,14)(H,15,16)/t7-,8+/m1/s1. The van der Waals surface area contributed by atoms with Crippen LogP contribution in [0.2, 0.25) is 0 Å². The van der Waals surface area contributed by atoms with Crippen LogP contribution in [-0.2, 0) is 9.59 Å². The Bertz CT molecular complexity index is 363. The number of amides is 1. The van der Waals surface area contributed by atoms with Gasteiger partial charge < -0.3 is 10.4 Å². The Morgan fingerprint density at radius 2 is 1.94 bits per heavy atom. The molecule has 5 heteroatoms. The van der Waals surface area contributed by atoms with Gasteiger partial charge in [-0.25, -0.2) is 0 Å². The van der Waals surface area contributed by atoms with E-state index in [1.54, 1.807) is 11.8 Å². The van der Waals surface area contributed by atoms with Crippen molar-refractivity contribution in [2.45, 2.75) is 31.4 Å². The monoisotopic (exact) mass is 257 g/mol. The number of carboxylic acid groups (broad SMARTS) is 1. The van der Waals surface area contributed by atoms with Crippen molar-refractivity contribution in [3.8, 4) is 0 Å². The van der Waals surface area contributed by atoms with Crippen molar-refractivity contribution in [3.63, 3.8) is 0 Å². The first-order valence-electron chi connectivity index (χ1n) is 5.90. The summed E-state index contributed by atoms with van der Waals surface area (Å²) in [5.74, 6) is -1.84. The third-order valence-corrected chi connectivity index (χ3v) is 5.62. The van der Waals surface area contributed by atoms with Crippen LogP contribution in [0.4, 0.5) is 0 Å². The van der Waals surface area contributed by atoms with E-state index in [0.717, 1.165) is 12.8 Å². The molecule has 2 aliphatic carbocycles. The van der Waals surface area contributed by atoms with Crippen molar-refractivity contribution in [1.29, 1.82) is 0 Å². The van der Waals surface area contributed by atoms with Gasteiger partial charge in [0.05, 0.1) is 11.8 Å². The number of nitrogens with one attached hydrogen (secondary N) is 1. The van der Waals surface area contributed by atoms with Crippen molar-refractivity contribution in [1.82, 2.24) is 5.32 Å². The SMILES string of the molecule is CSC1(CNC(=O)[C@H]2[C@@H](C(=O)O)C2(C)C)CC1. The highest BCUT2D eigenvalue weighted by atomic mass is 32.2. The molecule has 2 saturated carbocycles. The molecule has 0 radical (unpaired) electrons. The molecule has 17 heavy (non-hydrogen) atoms. The Labute approximate surface area is 106 Å². The molecule has 0 unspecified atom stereocenters. The number of carboxylic acids is 1. The molecule has 2 atom stereocenters. The summed E-state index contributed by atoms with van der Waals surface area (Å²) < 4.78 is 0.230. The van der Waals surface area contributed by atoms with Gasteiger partial charge in [0.15, 0.2) is 0 Å². The van der Waals surface area contributed by atoms with Crippen LogP contribution in [0.1, 0.15) is 26.7 Å². The smallest absolute Gasteiger partial charge is 0.307 e. The van der Waals surface area contributed by atoms with Crippen LogP contribution in [0.3, 0.4) is 0 Å². The van der Waals surface area contributed by atoms with Gasteiger partial charge in [-0.15, -0.1) is 0 Å². The Balaban J connectivity index is 1.88. The van der Waals surface area contributed by atoms with Gasteiger partial charge in [0.2, 0.25) is 5.91 Å². The molecule has 2 rings (SSSR count). The van der Waals surface area contributed by atoms with Crippen LogP contribution in [-0.4, -0.2) is 34.5 Å². The zero-order valence-electron chi connectivity index (χ0n) is 10.4. The van der Waals surface area contributed by atoms with Gasteiger partial charge in [-0.1, -0.05) is 13.8 Å². The molecule has 0 aromatic carbocycles. The number of carbonyl (C=O) groups is 2. The lowest BCUT2D eigenvalue weighted by atomic mass is 10.1. The van der Waals surface area contributed by atoms with Crippen LogP contribution in [0, 0.1) is 17.3 Å². The van der Waals surface area contributed by atoms with Gasteiger partial charge in [-0.05, 0) is 24.5 Å². The number of thioether (sulfide) groups is 1. The Kier molecular flexibility index (Phi) is 2.92. The van der Waals surface area contributed by atoms with Crippen LogP contribution in [0.25, 0.3) is 0 Å². The molecule has 0 aromatic heterocycles. The summed E-state index contributed by atoms with van der Waals surface area (Å²) in [7, 11) is 0. The lowest BCUT2D eigenvalue weighted by molar-refractivity contribution is -0.140. The lowest BCUT2D eigenvalue weighted by Crippen LogP contribution is -2.34. The minimum absolute atomic E-state index is 0.0947. The Hall–Kier alpha value is -0.710. The van der Waals surface area contributed by atoms with Crippen molar-refractivity contribution in [2.75, 3.05) is 12.8 Å². The van der Waals surface area contributed by atoms with E-state index in [1.807, 2.05) is 13.8 Å². The van der Waals surface area contributed by atoms with Crippen molar-refractivity contribution >= 4 is 23.6 Å². The van der Waals surface area contributed by atoms with Crippen LogP contribution >= 0.6 is 11.8 Å². The van der Waals surface area contributed by atoms with E-state index in [0.29, 0.717) is 6.54 Å². The molecule has 0 spiro atoms. The number of carbonyl (C=O) groups excluding carboxylic acids is 1. The topological polar surface area (TPSA) is 66.4 Å². The highest BCUT2D eigenvalue weighted by Gasteiger charge is 2.66. The fraction of sp³-hybridized carbons (Fsp3) is 0.833. The third kappa shape index (κ3) is 2.17. The van der Waals surface area contributed by atoms with E-state index in [2.05, 4.69) is 11.6 Å². The predicted octanol–water partition coefficient (Wildman–Crippen LogP) is 1.35. The van der Waals surface area contributed by atoms with E-state index in [9.17, 15) is 9.59 Å². The number of hydrogen-bond donors (Lipinski definition) is 2. The first-order chi connectivity index (χ1) is 7.84. The second-order valence-corrected chi connectivity index (χ2v) is 6.99. The minimum Gasteiger partial charge on any atom is -0.481 e. The van der Waals surface area contributed by atoms with Gasteiger partial charge in [-0.3, -0.25) is 9.59 Å². The van der Waals surface area contributed by atoms with E-state index < -0.39 is 17.3 Å². The summed E-state index contributed by atoms with van der Waals surface area (Å²) >= 11 is 1.79. The maximum Gasteiger partial charge on any atom is 0.307 e. The molecule has 2 N–H and O–H groups in total. The van der Waals surface area contributed by atoms with Crippen LogP contribution < -0.4 is 5.32 Å². The summed E-state index contributed by atoms with van der Waals surface area (Å²) in [5.41, 5.74) is -0.397. The summed E-state index contributed by atoms with van der Waals surface area (Å²) in [6, 6.07) is 0. The predicted molar refractivity (Wildman–Crippen MR) is 66.9 cm³/mol. The number of aliphatic carboxylic acids is 1. The van der Waals surface area contributed by atoms with Crippen molar-refractivity contribution in [2.24, 2.45) is 17.3 Å². The van der Waals surface area contributed by atoms with Gasteiger partial charge in [0.1, 0.15) is 0 Å². The second-order valence-electron chi connectivity index (χ2n) is 5.72. The van der Waals surface area contributed by atoms with Crippen molar-refractivity contribution < 1.29 is 14.7 Å². The average Bonchev–Trinajstić information content (AvgIpc) is 3.11. The quantitative estimate of drug-likeness (QED) is 0.780. The second kappa shape index (κ2) is 3.90. The highest BCUT2D eigenvalue weighted by molar-refractivity contribution is 8.00. The van der Waals surface area contributed by atoms with Gasteiger partial charge >= 0.3 is 5.97 Å². The van der Waals surface area contributed by atoms with Gasteiger partial charge in [0.25, 0.3) is 0 Å². The van der Waals surface area contributed by atoms with Crippen molar-refractivity contribution in [3.05, 3.63) is 0 Å². The van der Waals surface area contributed by atoms with Crippen LogP contribution in [0.5, 0.6) is 0 Å². The molecule has 2 aliphatic rings. The maximum atomic E-state index is 11.9. The summed E-state index contributed by atoms with van der Waals surface area (Å²) in [6.45, 7) is 4.36. The molecule has 96 valence electrons. The van der Waals surface area contributed by atoms with E-state index in [-0.39, 0.29) is 16.6 Å². The van der Waals surface area contributed by atoms with E-state index in [4.69, 9.17) is 5.11 Å². The van der Waals surface area contributed by atoms with E-state index >= 15 is 0 Å². The maximum absolute atomic E-state index is 11.9. The molecule has 4 nitrogen and oxygen atoms in total.